The Bertz CT molecular complexity index is 606. The Hall–Kier alpha value is -2.41. The number of furan rings is 1. The van der Waals surface area contributed by atoms with Gasteiger partial charge in [-0.05, 0) is 31.0 Å². The molecule has 116 valence electrons. The standard InChI is InChI=1S/C15H17N3O4/c19-18(20)12-5-6-15(16-9-12)17(10-13-3-1-7-21-13)11-14-4-2-8-22-14/h1,3,5-7,9,14H,2,4,8,10-11H2/t14-/m1/s1. The van der Waals surface area contributed by atoms with E-state index in [0.717, 1.165) is 25.2 Å². The van der Waals surface area contributed by atoms with E-state index in [0.29, 0.717) is 18.9 Å². The van der Waals surface area contributed by atoms with Gasteiger partial charge < -0.3 is 14.1 Å². The molecule has 1 atom stereocenters. The maximum atomic E-state index is 10.7. The molecular formula is C15H17N3O4. The summed E-state index contributed by atoms with van der Waals surface area (Å²) in [6.45, 7) is 2.02. The normalized spacial score (nSPS) is 17.5. The molecule has 0 amide bonds. The summed E-state index contributed by atoms with van der Waals surface area (Å²) in [5.74, 6) is 1.50. The topological polar surface area (TPSA) is 81.6 Å². The zero-order valence-electron chi connectivity index (χ0n) is 12.1. The second kappa shape index (κ2) is 6.57. The van der Waals surface area contributed by atoms with Crippen LogP contribution in [0.2, 0.25) is 0 Å². The van der Waals surface area contributed by atoms with Gasteiger partial charge in [0.1, 0.15) is 17.8 Å². The van der Waals surface area contributed by atoms with E-state index in [-0.39, 0.29) is 11.8 Å². The zero-order valence-corrected chi connectivity index (χ0v) is 12.1. The second-order valence-electron chi connectivity index (χ2n) is 5.23. The van der Waals surface area contributed by atoms with Gasteiger partial charge in [-0.3, -0.25) is 10.1 Å². The largest absolute Gasteiger partial charge is 0.467 e. The molecule has 0 aromatic carbocycles. The van der Waals surface area contributed by atoms with Crippen molar-refractivity contribution in [3.05, 3.63) is 52.6 Å². The Morgan fingerprint density at radius 3 is 2.91 bits per heavy atom. The van der Waals surface area contributed by atoms with Crippen LogP contribution in [0.15, 0.2) is 41.1 Å². The van der Waals surface area contributed by atoms with Crippen molar-refractivity contribution in [1.82, 2.24) is 4.98 Å². The lowest BCUT2D eigenvalue weighted by Gasteiger charge is -2.25. The van der Waals surface area contributed by atoms with Crippen molar-refractivity contribution in [3.63, 3.8) is 0 Å². The Morgan fingerprint density at radius 1 is 1.41 bits per heavy atom. The molecule has 1 aliphatic heterocycles. The van der Waals surface area contributed by atoms with Crippen LogP contribution in [0, 0.1) is 10.1 Å². The number of nitrogens with zero attached hydrogens (tertiary/aromatic N) is 3. The number of aromatic nitrogens is 1. The van der Waals surface area contributed by atoms with Gasteiger partial charge in [0.25, 0.3) is 5.69 Å². The molecule has 1 aliphatic rings. The summed E-state index contributed by atoms with van der Waals surface area (Å²) in [6, 6.07) is 6.86. The molecule has 3 heterocycles. The predicted molar refractivity (Wildman–Crippen MR) is 79.6 cm³/mol. The highest BCUT2D eigenvalue weighted by Gasteiger charge is 2.21. The molecule has 7 heteroatoms. The van der Waals surface area contributed by atoms with Gasteiger partial charge in [0.2, 0.25) is 0 Å². The summed E-state index contributed by atoms with van der Waals surface area (Å²) in [5.41, 5.74) is -0.0150. The lowest BCUT2D eigenvalue weighted by molar-refractivity contribution is -0.385. The summed E-state index contributed by atoms with van der Waals surface area (Å²) < 4.78 is 11.1. The average Bonchev–Trinajstić information content (AvgIpc) is 3.20. The van der Waals surface area contributed by atoms with Crippen LogP contribution in [0.25, 0.3) is 0 Å². The van der Waals surface area contributed by atoms with Crippen LogP contribution in [-0.4, -0.2) is 29.2 Å². The SMILES string of the molecule is O=[N+]([O-])c1ccc(N(Cc2ccco2)C[C@H]2CCCO2)nc1. The molecule has 1 fully saturated rings. The third kappa shape index (κ3) is 3.43. The summed E-state index contributed by atoms with van der Waals surface area (Å²) in [7, 11) is 0. The van der Waals surface area contributed by atoms with E-state index < -0.39 is 4.92 Å². The molecule has 0 aliphatic carbocycles. The van der Waals surface area contributed by atoms with E-state index in [4.69, 9.17) is 9.15 Å². The monoisotopic (exact) mass is 303 g/mol. The lowest BCUT2D eigenvalue weighted by Crippen LogP contribution is -2.32. The minimum Gasteiger partial charge on any atom is -0.467 e. The van der Waals surface area contributed by atoms with E-state index in [1.165, 1.54) is 12.3 Å². The third-order valence-corrected chi connectivity index (χ3v) is 3.64. The summed E-state index contributed by atoms with van der Waals surface area (Å²) in [4.78, 5) is 16.5. The molecule has 0 unspecified atom stereocenters. The van der Waals surface area contributed by atoms with Gasteiger partial charge in [0.05, 0.1) is 23.8 Å². The number of ether oxygens (including phenoxy) is 1. The van der Waals surface area contributed by atoms with Crippen LogP contribution in [0.5, 0.6) is 0 Å². The molecule has 2 aromatic heterocycles. The smallest absolute Gasteiger partial charge is 0.287 e. The van der Waals surface area contributed by atoms with Crippen molar-refractivity contribution in [2.75, 3.05) is 18.1 Å². The minimum absolute atomic E-state index is 0.0150. The summed E-state index contributed by atoms with van der Waals surface area (Å²) in [6.07, 6.45) is 5.14. The Balaban J connectivity index is 1.78. The highest BCUT2D eigenvalue weighted by molar-refractivity contribution is 5.43. The minimum atomic E-state index is -0.451. The van der Waals surface area contributed by atoms with Gasteiger partial charge >= 0.3 is 0 Å². The van der Waals surface area contributed by atoms with Crippen LogP contribution in [0.1, 0.15) is 18.6 Å². The van der Waals surface area contributed by atoms with Crippen molar-refractivity contribution < 1.29 is 14.1 Å². The molecule has 0 bridgehead atoms. The van der Waals surface area contributed by atoms with Crippen molar-refractivity contribution >= 4 is 11.5 Å². The highest BCUT2D eigenvalue weighted by Crippen LogP contribution is 2.21. The Morgan fingerprint density at radius 2 is 2.32 bits per heavy atom. The van der Waals surface area contributed by atoms with Gasteiger partial charge in [-0.1, -0.05) is 0 Å². The van der Waals surface area contributed by atoms with E-state index >= 15 is 0 Å². The van der Waals surface area contributed by atoms with Gasteiger partial charge in [-0.2, -0.15) is 0 Å². The number of pyridine rings is 1. The van der Waals surface area contributed by atoms with Gasteiger partial charge in [-0.15, -0.1) is 0 Å². The van der Waals surface area contributed by atoms with Crippen molar-refractivity contribution in [1.29, 1.82) is 0 Å². The third-order valence-electron chi connectivity index (χ3n) is 3.64. The molecule has 3 rings (SSSR count). The Labute approximate surface area is 127 Å². The van der Waals surface area contributed by atoms with E-state index in [1.807, 2.05) is 17.0 Å². The average molecular weight is 303 g/mol. The molecule has 2 aromatic rings. The van der Waals surface area contributed by atoms with Crippen molar-refractivity contribution in [2.45, 2.75) is 25.5 Å². The van der Waals surface area contributed by atoms with Crippen LogP contribution in [0.4, 0.5) is 11.5 Å². The van der Waals surface area contributed by atoms with Gasteiger partial charge in [0, 0.05) is 19.2 Å². The maximum absolute atomic E-state index is 10.7. The molecule has 0 radical (unpaired) electrons. The number of hydrogen-bond donors (Lipinski definition) is 0. The van der Waals surface area contributed by atoms with E-state index in [2.05, 4.69) is 4.98 Å². The van der Waals surface area contributed by atoms with Crippen LogP contribution < -0.4 is 4.90 Å². The first-order valence-electron chi connectivity index (χ1n) is 7.22. The molecule has 1 saturated heterocycles. The van der Waals surface area contributed by atoms with Crippen molar-refractivity contribution in [3.8, 4) is 0 Å². The van der Waals surface area contributed by atoms with Crippen LogP contribution >= 0.6 is 0 Å². The summed E-state index contributed by atoms with van der Waals surface area (Å²) in [5, 5.41) is 10.7. The van der Waals surface area contributed by atoms with Gasteiger partial charge in [-0.25, -0.2) is 4.98 Å². The number of nitro groups is 1. The van der Waals surface area contributed by atoms with Crippen LogP contribution in [0.3, 0.4) is 0 Å². The zero-order chi connectivity index (χ0) is 15.4. The van der Waals surface area contributed by atoms with Gasteiger partial charge in [0.15, 0.2) is 0 Å². The quantitative estimate of drug-likeness (QED) is 0.603. The van der Waals surface area contributed by atoms with E-state index in [1.54, 1.807) is 12.3 Å². The first kappa shape index (κ1) is 14.5. The predicted octanol–water partition coefficient (Wildman–Crippen LogP) is 2.77. The number of hydrogen-bond acceptors (Lipinski definition) is 6. The second-order valence-corrected chi connectivity index (χ2v) is 5.23. The molecule has 7 nitrogen and oxygen atoms in total. The first-order chi connectivity index (χ1) is 10.7. The Kier molecular flexibility index (Phi) is 4.34. The highest BCUT2D eigenvalue weighted by atomic mass is 16.6. The molecule has 0 spiro atoms. The fourth-order valence-corrected chi connectivity index (χ4v) is 2.54. The fraction of sp³-hybridized carbons (Fsp3) is 0.400. The van der Waals surface area contributed by atoms with E-state index in [9.17, 15) is 10.1 Å². The molecule has 22 heavy (non-hydrogen) atoms. The molecule has 0 saturated carbocycles. The van der Waals surface area contributed by atoms with Crippen molar-refractivity contribution in [2.24, 2.45) is 0 Å². The first-order valence-corrected chi connectivity index (χ1v) is 7.22. The number of anilines is 1. The fourth-order valence-electron chi connectivity index (χ4n) is 2.54. The molecular weight excluding hydrogens is 286 g/mol. The van der Waals surface area contributed by atoms with Crippen LogP contribution in [-0.2, 0) is 11.3 Å². The lowest BCUT2D eigenvalue weighted by atomic mass is 10.2. The number of rotatable bonds is 6. The summed E-state index contributed by atoms with van der Waals surface area (Å²) >= 11 is 0. The molecule has 0 N–H and O–H groups in total. The maximum Gasteiger partial charge on any atom is 0.287 e.